The SMILES string of the molecule is CCN1CC[C@]2(CN(c3ncccn3)CC23CCN(S(=O)(=O)CC)CC3)C1=O. The van der Waals surface area contributed by atoms with E-state index < -0.39 is 15.4 Å². The molecule has 9 heteroatoms. The molecule has 0 saturated carbocycles. The topological polar surface area (TPSA) is 86.7 Å². The second kappa shape index (κ2) is 6.95. The Bertz CT molecular complexity index is 838. The van der Waals surface area contributed by atoms with Gasteiger partial charge in [0.1, 0.15) is 0 Å². The Balaban J connectivity index is 1.67. The number of piperidine rings is 1. The minimum atomic E-state index is -3.20. The molecule has 0 aromatic carbocycles. The molecule has 0 N–H and O–H groups in total. The van der Waals surface area contributed by atoms with E-state index >= 15 is 0 Å². The minimum absolute atomic E-state index is 0.123. The van der Waals surface area contributed by atoms with Crippen molar-refractivity contribution in [1.82, 2.24) is 19.2 Å². The maximum absolute atomic E-state index is 13.5. The predicted octanol–water partition coefficient (Wildman–Crippen LogP) is 0.967. The van der Waals surface area contributed by atoms with Crippen LogP contribution in [0.4, 0.5) is 5.95 Å². The van der Waals surface area contributed by atoms with Crippen molar-refractivity contribution in [2.24, 2.45) is 10.8 Å². The molecule has 0 aliphatic carbocycles. The number of nitrogens with zero attached hydrogens (tertiary/aromatic N) is 5. The summed E-state index contributed by atoms with van der Waals surface area (Å²) in [6, 6.07) is 1.79. The number of hydrogen-bond acceptors (Lipinski definition) is 6. The number of amides is 1. The molecule has 3 aliphatic heterocycles. The number of anilines is 1. The zero-order valence-corrected chi connectivity index (χ0v) is 17.5. The number of carbonyl (C=O) groups is 1. The van der Waals surface area contributed by atoms with Crippen molar-refractivity contribution in [3.05, 3.63) is 18.5 Å². The lowest BCUT2D eigenvalue weighted by molar-refractivity contribution is -0.141. The molecule has 3 fully saturated rings. The lowest BCUT2D eigenvalue weighted by Gasteiger charge is -2.46. The van der Waals surface area contributed by atoms with Crippen LogP contribution < -0.4 is 4.90 Å². The van der Waals surface area contributed by atoms with E-state index in [4.69, 9.17) is 0 Å². The zero-order valence-electron chi connectivity index (χ0n) is 16.7. The first kappa shape index (κ1) is 19.6. The summed E-state index contributed by atoms with van der Waals surface area (Å²) in [5.74, 6) is 1.00. The van der Waals surface area contributed by atoms with E-state index in [0.717, 1.165) is 19.5 Å². The number of aromatic nitrogens is 2. The quantitative estimate of drug-likeness (QED) is 0.739. The Morgan fingerprint density at radius 2 is 1.71 bits per heavy atom. The van der Waals surface area contributed by atoms with Crippen molar-refractivity contribution < 1.29 is 13.2 Å². The van der Waals surface area contributed by atoms with Gasteiger partial charge in [-0.1, -0.05) is 0 Å². The largest absolute Gasteiger partial charge is 0.342 e. The van der Waals surface area contributed by atoms with Crippen LogP contribution in [0.1, 0.15) is 33.1 Å². The van der Waals surface area contributed by atoms with Crippen molar-refractivity contribution in [2.45, 2.75) is 33.1 Å². The maximum Gasteiger partial charge on any atom is 0.231 e. The van der Waals surface area contributed by atoms with E-state index in [-0.39, 0.29) is 17.1 Å². The molecule has 4 rings (SSSR count). The monoisotopic (exact) mass is 407 g/mol. The molecule has 0 radical (unpaired) electrons. The third kappa shape index (κ3) is 2.82. The normalized spacial score (nSPS) is 28.0. The molecule has 0 bridgehead atoms. The number of sulfonamides is 1. The number of carbonyl (C=O) groups excluding carboxylic acids is 1. The standard InChI is InChI=1S/C19H29N5O3S/c1-3-22-11-8-19(16(22)25)15-23(17-20-9-5-10-21-17)14-18(19)6-12-24(13-7-18)28(26,27)4-2/h5,9-10H,3-4,6-8,11-15H2,1-2H3/t19-/m0/s1. The summed E-state index contributed by atoms with van der Waals surface area (Å²) in [4.78, 5) is 26.4. The van der Waals surface area contributed by atoms with Gasteiger partial charge >= 0.3 is 0 Å². The highest BCUT2D eigenvalue weighted by Gasteiger charge is 2.65. The number of hydrogen-bond donors (Lipinski definition) is 0. The molecule has 3 saturated heterocycles. The minimum Gasteiger partial charge on any atom is -0.342 e. The van der Waals surface area contributed by atoms with Crippen molar-refractivity contribution >= 4 is 21.9 Å². The van der Waals surface area contributed by atoms with Crippen molar-refractivity contribution in [1.29, 1.82) is 0 Å². The van der Waals surface area contributed by atoms with Crippen LogP contribution in [0, 0.1) is 10.8 Å². The van der Waals surface area contributed by atoms with Gasteiger partial charge in [0.05, 0.1) is 11.2 Å². The smallest absolute Gasteiger partial charge is 0.231 e. The van der Waals surface area contributed by atoms with Gasteiger partial charge in [-0.15, -0.1) is 0 Å². The van der Waals surface area contributed by atoms with Crippen LogP contribution in [0.3, 0.4) is 0 Å². The van der Waals surface area contributed by atoms with Crippen molar-refractivity contribution in [3.63, 3.8) is 0 Å². The van der Waals surface area contributed by atoms with Crippen LogP contribution in [0.2, 0.25) is 0 Å². The van der Waals surface area contributed by atoms with Gasteiger partial charge in [0.25, 0.3) is 0 Å². The summed E-state index contributed by atoms with van der Waals surface area (Å²) in [6.07, 6.45) is 5.69. The summed E-state index contributed by atoms with van der Waals surface area (Å²) in [7, 11) is -3.20. The van der Waals surface area contributed by atoms with E-state index in [1.165, 1.54) is 0 Å². The molecule has 3 aliphatic rings. The molecule has 1 aromatic rings. The number of likely N-dealkylation sites (tertiary alicyclic amines) is 1. The summed E-state index contributed by atoms with van der Waals surface area (Å²) in [5.41, 5.74) is -0.697. The lowest BCUT2D eigenvalue weighted by Crippen LogP contribution is -2.53. The Labute approximate surface area is 167 Å². The fourth-order valence-corrected chi connectivity index (χ4v) is 6.56. The van der Waals surface area contributed by atoms with Crippen LogP contribution in [-0.2, 0) is 14.8 Å². The lowest BCUT2D eigenvalue weighted by atomic mass is 9.60. The van der Waals surface area contributed by atoms with Gasteiger partial charge < -0.3 is 9.80 Å². The molecule has 154 valence electrons. The van der Waals surface area contributed by atoms with Gasteiger partial charge in [-0.2, -0.15) is 0 Å². The first-order valence-electron chi connectivity index (χ1n) is 10.2. The molecule has 1 atom stereocenters. The summed E-state index contributed by atoms with van der Waals surface area (Å²) < 4.78 is 26.3. The summed E-state index contributed by atoms with van der Waals surface area (Å²) in [5, 5.41) is 0. The van der Waals surface area contributed by atoms with Gasteiger partial charge in [-0.3, -0.25) is 4.79 Å². The van der Waals surface area contributed by atoms with E-state index in [1.54, 1.807) is 29.7 Å². The fourth-order valence-electron chi connectivity index (χ4n) is 5.45. The Kier molecular flexibility index (Phi) is 4.86. The van der Waals surface area contributed by atoms with E-state index in [1.807, 2.05) is 11.8 Å². The molecule has 0 unspecified atom stereocenters. The van der Waals surface area contributed by atoms with Crippen molar-refractivity contribution in [3.8, 4) is 0 Å². The summed E-state index contributed by atoms with van der Waals surface area (Å²) in [6.45, 7) is 7.50. The molecular weight excluding hydrogens is 378 g/mol. The Morgan fingerprint density at radius 1 is 1.04 bits per heavy atom. The van der Waals surface area contributed by atoms with Gasteiger partial charge in [0.15, 0.2) is 0 Å². The predicted molar refractivity (Wildman–Crippen MR) is 106 cm³/mol. The Hall–Kier alpha value is -1.74. The van der Waals surface area contributed by atoms with Crippen LogP contribution in [-0.4, -0.2) is 78.5 Å². The third-order valence-electron chi connectivity index (χ3n) is 7.13. The maximum atomic E-state index is 13.5. The van der Waals surface area contributed by atoms with Gasteiger partial charge in [-0.05, 0) is 39.2 Å². The molecule has 4 heterocycles. The number of fused-ring (bicyclic) bond motifs is 1. The highest BCUT2D eigenvalue weighted by Crippen LogP contribution is 2.58. The van der Waals surface area contributed by atoms with E-state index in [2.05, 4.69) is 14.9 Å². The van der Waals surface area contributed by atoms with Gasteiger partial charge in [-0.25, -0.2) is 22.7 Å². The van der Waals surface area contributed by atoms with Crippen LogP contribution in [0.15, 0.2) is 18.5 Å². The molecule has 2 spiro atoms. The fraction of sp³-hybridized carbons (Fsp3) is 0.737. The molecular formula is C19H29N5O3S. The first-order valence-corrected chi connectivity index (χ1v) is 11.8. The second-order valence-electron chi connectivity index (χ2n) is 8.20. The highest BCUT2D eigenvalue weighted by molar-refractivity contribution is 7.89. The second-order valence-corrected chi connectivity index (χ2v) is 10.5. The number of rotatable bonds is 4. The average molecular weight is 408 g/mol. The van der Waals surface area contributed by atoms with E-state index in [9.17, 15) is 13.2 Å². The van der Waals surface area contributed by atoms with Gasteiger partial charge in [0, 0.05) is 57.1 Å². The third-order valence-corrected chi connectivity index (χ3v) is 9.01. The zero-order chi connectivity index (χ0) is 20.0. The Morgan fingerprint density at radius 3 is 2.29 bits per heavy atom. The van der Waals surface area contributed by atoms with Gasteiger partial charge in [0.2, 0.25) is 21.9 Å². The van der Waals surface area contributed by atoms with Crippen LogP contribution >= 0.6 is 0 Å². The average Bonchev–Trinajstić information content (AvgIpc) is 3.21. The van der Waals surface area contributed by atoms with Crippen LogP contribution in [0.5, 0.6) is 0 Å². The molecule has 8 nitrogen and oxygen atoms in total. The summed E-state index contributed by atoms with van der Waals surface area (Å²) >= 11 is 0. The molecule has 28 heavy (non-hydrogen) atoms. The first-order chi connectivity index (χ1) is 13.4. The van der Waals surface area contributed by atoms with Crippen molar-refractivity contribution in [2.75, 3.05) is 49.9 Å². The molecule has 1 aromatic heterocycles. The highest BCUT2D eigenvalue weighted by atomic mass is 32.2. The van der Waals surface area contributed by atoms with Crippen LogP contribution in [0.25, 0.3) is 0 Å². The molecule has 1 amide bonds. The van der Waals surface area contributed by atoms with E-state index in [0.29, 0.717) is 45.0 Å².